The van der Waals surface area contributed by atoms with Crippen LogP contribution in [-0.4, -0.2) is 17.3 Å². The summed E-state index contributed by atoms with van der Waals surface area (Å²) in [6, 6.07) is 9.43. The molecule has 4 heteroatoms. The molecule has 3 N–H and O–H groups in total. The Morgan fingerprint density at radius 1 is 1.39 bits per heavy atom. The number of aliphatic hydroxyl groups is 1. The van der Waals surface area contributed by atoms with Gasteiger partial charge in [0, 0.05) is 0 Å². The van der Waals surface area contributed by atoms with Crippen LogP contribution in [0.1, 0.15) is 31.7 Å². The van der Waals surface area contributed by atoms with E-state index in [0.717, 1.165) is 17.7 Å². The minimum atomic E-state index is -0.732. The van der Waals surface area contributed by atoms with E-state index in [9.17, 15) is 0 Å². The van der Waals surface area contributed by atoms with Gasteiger partial charge in [0.15, 0.2) is 0 Å². The molecule has 1 aromatic carbocycles. The third-order valence-corrected chi connectivity index (χ3v) is 3.00. The molecule has 4 nitrogen and oxygen atoms in total. The van der Waals surface area contributed by atoms with Gasteiger partial charge in [0.05, 0.1) is 19.3 Å². The number of aliphatic hydroxyl groups excluding tert-OH is 1. The van der Waals surface area contributed by atoms with Gasteiger partial charge in [-0.15, -0.1) is 0 Å². The Hall–Kier alpha value is -1.57. The van der Waals surface area contributed by atoms with Crippen molar-refractivity contribution in [1.29, 1.82) is 5.26 Å². The molecule has 0 aliphatic rings. The number of benzene rings is 1. The van der Waals surface area contributed by atoms with Crippen molar-refractivity contribution in [3.05, 3.63) is 29.8 Å². The number of hydrogen-bond acceptors (Lipinski definition) is 4. The summed E-state index contributed by atoms with van der Waals surface area (Å²) in [4.78, 5) is 0. The van der Waals surface area contributed by atoms with E-state index in [-0.39, 0.29) is 6.61 Å². The summed E-state index contributed by atoms with van der Waals surface area (Å²) in [6.07, 6.45) is 2.03. The minimum absolute atomic E-state index is 0.0364. The fourth-order valence-corrected chi connectivity index (χ4v) is 1.58. The highest BCUT2D eigenvalue weighted by Crippen LogP contribution is 2.15. The quantitative estimate of drug-likeness (QED) is 0.723. The molecule has 0 saturated heterocycles. The number of nitrogens with zero attached hydrogens (tertiary/aromatic N) is 1. The maximum absolute atomic E-state index is 8.92. The smallest absolute Gasteiger partial charge is 0.119 e. The van der Waals surface area contributed by atoms with Gasteiger partial charge in [-0.25, -0.2) is 0 Å². The largest absolute Gasteiger partial charge is 0.494 e. The number of nitriles is 1. The summed E-state index contributed by atoms with van der Waals surface area (Å²) in [6.45, 7) is 2.49. The van der Waals surface area contributed by atoms with E-state index in [4.69, 9.17) is 20.8 Å². The number of nitrogens with two attached hydrogens (primary N) is 1. The maximum Gasteiger partial charge on any atom is 0.119 e. The number of ether oxygens (including phenoxy) is 1. The highest BCUT2D eigenvalue weighted by atomic mass is 16.5. The van der Waals surface area contributed by atoms with E-state index in [1.54, 1.807) is 0 Å². The molecule has 18 heavy (non-hydrogen) atoms. The van der Waals surface area contributed by atoms with Crippen molar-refractivity contribution in [2.45, 2.75) is 38.3 Å². The third kappa shape index (κ3) is 4.36. The Balaban J connectivity index is 2.31. The molecule has 0 saturated carbocycles. The van der Waals surface area contributed by atoms with Gasteiger partial charge in [0.25, 0.3) is 0 Å². The lowest BCUT2D eigenvalue weighted by atomic mass is 9.94. The molecule has 0 heterocycles. The standard InChI is InChI=1S/C14H20N2O2/c1-2-14(16,11-15)8-3-9-18-13-6-4-12(10-17)5-7-13/h4-7,17H,2-3,8-10,16H2,1H3. The van der Waals surface area contributed by atoms with Crippen LogP contribution >= 0.6 is 0 Å². The third-order valence-electron chi connectivity index (χ3n) is 3.00. The van der Waals surface area contributed by atoms with Gasteiger partial charge in [0.1, 0.15) is 11.3 Å². The minimum Gasteiger partial charge on any atom is -0.494 e. The zero-order valence-corrected chi connectivity index (χ0v) is 10.7. The second-order valence-corrected chi connectivity index (χ2v) is 4.38. The molecule has 0 fully saturated rings. The van der Waals surface area contributed by atoms with Crippen molar-refractivity contribution in [3.8, 4) is 11.8 Å². The van der Waals surface area contributed by atoms with Crippen LogP contribution in [0.4, 0.5) is 0 Å². The number of hydrogen-bond donors (Lipinski definition) is 2. The summed E-state index contributed by atoms with van der Waals surface area (Å²) in [5.41, 5.74) is 6.00. The summed E-state index contributed by atoms with van der Waals surface area (Å²) in [5, 5.41) is 17.8. The van der Waals surface area contributed by atoms with Crippen molar-refractivity contribution in [1.82, 2.24) is 0 Å². The molecule has 0 aliphatic carbocycles. The number of rotatable bonds is 7. The van der Waals surface area contributed by atoms with Crippen LogP contribution < -0.4 is 10.5 Å². The van der Waals surface area contributed by atoms with E-state index < -0.39 is 5.54 Å². The van der Waals surface area contributed by atoms with Crippen LogP contribution in [0, 0.1) is 11.3 Å². The first kappa shape index (κ1) is 14.5. The average Bonchev–Trinajstić information content (AvgIpc) is 2.44. The summed E-state index contributed by atoms with van der Waals surface area (Å²) in [5.74, 6) is 0.767. The molecule has 98 valence electrons. The highest BCUT2D eigenvalue weighted by Gasteiger charge is 2.20. The van der Waals surface area contributed by atoms with Gasteiger partial charge in [0.2, 0.25) is 0 Å². The monoisotopic (exact) mass is 248 g/mol. The SMILES string of the molecule is CCC(N)(C#N)CCCOc1ccc(CO)cc1. The predicted octanol–water partition coefficient (Wildman–Crippen LogP) is 1.97. The first-order valence-electron chi connectivity index (χ1n) is 6.16. The molecular formula is C14H20N2O2. The lowest BCUT2D eigenvalue weighted by molar-refractivity contribution is 0.280. The fourth-order valence-electron chi connectivity index (χ4n) is 1.58. The van der Waals surface area contributed by atoms with Crippen molar-refractivity contribution < 1.29 is 9.84 Å². The van der Waals surface area contributed by atoms with E-state index >= 15 is 0 Å². The Kier molecular flexibility index (Phi) is 5.63. The molecule has 0 aliphatic heterocycles. The maximum atomic E-state index is 8.92. The van der Waals surface area contributed by atoms with E-state index in [1.165, 1.54) is 0 Å². The normalized spacial score (nSPS) is 13.7. The van der Waals surface area contributed by atoms with Gasteiger partial charge >= 0.3 is 0 Å². The Labute approximate surface area is 108 Å². The Morgan fingerprint density at radius 2 is 2.06 bits per heavy atom. The van der Waals surface area contributed by atoms with E-state index in [2.05, 4.69) is 6.07 Å². The van der Waals surface area contributed by atoms with Crippen LogP contribution in [0.15, 0.2) is 24.3 Å². The zero-order chi connectivity index (χ0) is 13.4. The first-order chi connectivity index (χ1) is 8.63. The van der Waals surface area contributed by atoms with Crippen molar-refractivity contribution in [2.75, 3.05) is 6.61 Å². The molecule has 0 aromatic heterocycles. The van der Waals surface area contributed by atoms with Crippen LogP contribution in [-0.2, 0) is 6.61 Å². The Morgan fingerprint density at radius 3 is 2.56 bits per heavy atom. The molecular weight excluding hydrogens is 228 g/mol. The molecule has 0 amide bonds. The second-order valence-electron chi connectivity index (χ2n) is 4.38. The summed E-state index contributed by atoms with van der Waals surface area (Å²) in [7, 11) is 0. The van der Waals surface area contributed by atoms with Gasteiger partial charge in [-0.1, -0.05) is 19.1 Å². The van der Waals surface area contributed by atoms with Crippen LogP contribution in [0.25, 0.3) is 0 Å². The van der Waals surface area contributed by atoms with Gasteiger partial charge in [-0.05, 0) is 37.0 Å². The highest BCUT2D eigenvalue weighted by molar-refractivity contribution is 5.26. The van der Waals surface area contributed by atoms with Crippen molar-refractivity contribution in [2.24, 2.45) is 5.73 Å². The lowest BCUT2D eigenvalue weighted by Gasteiger charge is -2.18. The Bertz CT molecular complexity index is 397. The molecule has 0 bridgehead atoms. The summed E-state index contributed by atoms with van der Waals surface area (Å²) < 4.78 is 5.54. The molecule has 1 unspecified atom stereocenters. The average molecular weight is 248 g/mol. The van der Waals surface area contributed by atoms with Crippen LogP contribution in [0.5, 0.6) is 5.75 Å². The predicted molar refractivity (Wildman–Crippen MR) is 69.9 cm³/mol. The van der Waals surface area contributed by atoms with Crippen molar-refractivity contribution >= 4 is 0 Å². The second kappa shape index (κ2) is 7.00. The van der Waals surface area contributed by atoms with Crippen LogP contribution in [0.3, 0.4) is 0 Å². The lowest BCUT2D eigenvalue weighted by Crippen LogP contribution is -2.37. The molecule has 1 rings (SSSR count). The summed E-state index contributed by atoms with van der Waals surface area (Å²) >= 11 is 0. The fraction of sp³-hybridized carbons (Fsp3) is 0.500. The molecule has 0 spiro atoms. The van der Waals surface area contributed by atoms with Gasteiger partial charge in [-0.2, -0.15) is 5.26 Å². The van der Waals surface area contributed by atoms with E-state index in [0.29, 0.717) is 19.4 Å². The molecule has 1 atom stereocenters. The molecule has 0 radical (unpaired) electrons. The van der Waals surface area contributed by atoms with Gasteiger partial charge < -0.3 is 15.6 Å². The van der Waals surface area contributed by atoms with Gasteiger partial charge in [-0.3, -0.25) is 0 Å². The van der Waals surface area contributed by atoms with Crippen LogP contribution in [0.2, 0.25) is 0 Å². The van der Waals surface area contributed by atoms with E-state index in [1.807, 2.05) is 31.2 Å². The topological polar surface area (TPSA) is 79.3 Å². The van der Waals surface area contributed by atoms with Crippen molar-refractivity contribution in [3.63, 3.8) is 0 Å². The first-order valence-corrected chi connectivity index (χ1v) is 6.16. The molecule has 1 aromatic rings. The zero-order valence-electron chi connectivity index (χ0n) is 10.7.